The third-order valence-electron chi connectivity index (χ3n) is 5.50. The van der Waals surface area contributed by atoms with Crippen molar-refractivity contribution in [3.63, 3.8) is 0 Å². The van der Waals surface area contributed by atoms with Crippen LogP contribution in [0.1, 0.15) is 42.1 Å². The van der Waals surface area contributed by atoms with Crippen molar-refractivity contribution in [3.05, 3.63) is 29.3 Å². The summed E-state index contributed by atoms with van der Waals surface area (Å²) in [5.41, 5.74) is 0.899. The van der Waals surface area contributed by atoms with E-state index in [1.807, 2.05) is 6.92 Å². The van der Waals surface area contributed by atoms with E-state index >= 15 is 0 Å². The van der Waals surface area contributed by atoms with Gasteiger partial charge in [-0.25, -0.2) is 13.2 Å². The predicted molar refractivity (Wildman–Crippen MR) is 92.2 cm³/mol. The number of hydrogen-bond donors (Lipinski definition) is 1. The molecule has 3 atom stereocenters. The summed E-state index contributed by atoms with van der Waals surface area (Å²) in [4.78, 5) is 26.2. The number of rotatable bonds is 4. The molecular formula is C18H23NO5S. The van der Waals surface area contributed by atoms with Gasteiger partial charge in [-0.1, -0.05) is 19.4 Å². The third-order valence-corrected chi connectivity index (χ3v) is 6.68. The summed E-state index contributed by atoms with van der Waals surface area (Å²) >= 11 is 0. The molecular weight excluding hydrogens is 342 g/mol. The molecule has 25 heavy (non-hydrogen) atoms. The Morgan fingerprint density at radius 3 is 2.60 bits per heavy atom. The average molecular weight is 365 g/mol. The number of carboxylic acid groups (broad SMARTS) is 1. The van der Waals surface area contributed by atoms with Gasteiger partial charge in [-0.15, -0.1) is 0 Å². The molecule has 3 unspecified atom stereocenters. The van der Waals surface area contributed by atoms with Crippen LogP contribution in [0.15, 0.2) is 23.1 Å². The maximum absolute atomic E-state index is 12.9. The molecule has 1 aromatic rings. The number of hydrogen-bond acceptors (Lipinski definition) is 4. The molecule has 136 valence electrons. The van der Waals surface area contributed by atoms with Crippen molar-refractivity contribution in [3.8, 4) is 0 Å². The van der Waals surface area contributed by atoms with Crippen LogP contribution in [0.5, 0.6) is 0 Å². The number of carboxylic acids is 1. The van der Waals surface area contributed by atoms with Gasteiger partial charge in [-0.05, 0) is 48.8 Å². The van der Waals surface area contributed by atoms with Crippen molar-refractivity contribution >= 4 is 21.7 Å². The highest BCUT2D eigenvalue weighted by molar-refractivity contribution is 7.90. The number of nitrogens with zero attached hydrogens (tertiary/aromatic N) is 1. The van der Waals surface area contributed by atoms with Crippen LogP contribution >= 0.6 is 0 Å². The van der Waals surface area contributed by atoms with Crippen LogP contribution in [0.4, 0.5) is 0 Å². The molecule has 1 amide bonds. The Morgan fingerprint density at radius 2 is 2.00 bits per heavy atom. The highest BCUT2D eigenvalue weighted by atomic mass is 32.2. The molecule has 1 saturated heterocycles. The summed E-state index contributed by atoms with van der Waals surface area (Å²) in [6.07, 6.45) is 4.44. The van der Waals surface area contributed by atoms with E-state index in [1.54, 1.807) is 12.1 Å². The molecule has 0 aromatic heterocycles. The second kappa shape index (κ2) is 6.44. The van der Waals surface area contributed by atoms with Gasteiger partial charge >= 0.3 is 5.97 Å². The number of sulfone groups is 1. The van der Waals surface area contributed by atoms with Crippen LogP contribution in [0.2, 0.25) is 0 Å². The number of benzene rings is 1. The van der Waals surface area contributed by atoms with Crippen LogP contribution in [0, 0.1) is 11.8 Å². The Morgan fingerprint density at radius 1 is 1.28 bits per heavy atom. The Bertz CT molecular complexity index is 817. The summed E-state index contributed by atoms with van der Waals surface area (Å²) < 4.78 is 24.0. The topological polar surface area (TPSA) is 91.8 Å². The number of carbonyl (C=O) groups excluding carboxylic acids is 1. The smallest absolute Gasteiger partial charge is 0.326 e. The number of fused-ring (bicyclic) bond motifs is 1. The van der Waals surface area contributed by atoms with Crippen molar-refractivity contribution in [2.45, 2.75) is 43.5 Å². The quantitative estimate of drug-likeness (QED) is 0.881. The number of likely N-dealkylation sites (tertiary alicyclic amines) is 1. The summed E-state index contributed by atoms with van der Waals surface area (Å²) in [6.45, 7) is 2.29. The zero-order chi connectivity index (χ0) is 18.4. The lowest BCUT2D eigenvalue weighted by Gasteiger charge is -2.24. The Hall–Kier alpha value is -1.89. The summed E-state index contributed by atoms with van der Waals surface area (Å²) in [6, 6.07) is 3.83. The molecule has 0 radical (unpaired) electrons. The lowest BCUT2D eigenvalue weighted by atomic mass is 9.94. The first-order valence-corrected chi connectivity index (χ1v) is 10.5. The van der Waals surface area contributed by atoms with Crippen molar-refractivity contribution in [2.24, 2.45) is 11.8 Å². The molecule has 3 rings (SSSR count). The van der Waals surface area contributed by atoms with Crippen LogP contribution < -0.4 is 0 Å². The van der Waals surface area contributed by atoms with Crippen molar-refractivity contribution in [1.29, 1.82) is 0 Å². The molecule has 1 aliphatic heterocycles. The minimum absolute atomic E-state index is 0.00532. The van der Waals surface area contributed by atoms with Gasteiger partial charge in [0.05, 0.1) is 4.90 Å². The fraction of sp³-hybridized carbons (Fsp3) is 0.556. The van der Waals surface area contributed by atoms with E-state index in [2.05, 4.69) is 0 Å². The van der Waals surface area contributed by atoms with Crippen LogP contribution in [-0.4, -0.2) is 49.1 Å². The van der Waals surface area contributed by atoms with E-state index in [1.165, 1.54) is 11.0 Å². The van der Waals surface area contributed by atoms with Gasteiger partial charge in [0.2, 0.25) is 0 Å². The fourth-order valence-electron chi connectivity index (χ4n) is 4.32. The van der Waals surface area contributed by atoms with E-state index in [4.69, 9.17) is 0 Å². The Labute approximate surface area is 147 Å². The molecule has 1 saturated carbocycles. The van der Waals surface area contributed by atoms with Crippen LogP contribution in [0.25, 0.3) is 0 Å². The normalized spacial score (nSPS) is 25.8. The highest BCUT2D eigenvalue weighted by Gasteiger charge is 2.49. The molecule has 1 aliphatic carbocycles. The molecule has 1 heterocycles. The van der Waals surface area contributed by atoms with Crippen LogP contribution in [-0.2, 0) is 21.1 Å². The molecule has 2 aliphatic rings. The molecule has 1 N–H and O–H groups in total. The van der Waals surface area contributed by atoms with Gasteiger partial charge in [-0.3, -0.25) is 4.79 Å². The van der Waals surface area contributed by atoms with Crippen molar-refractivity contribution in [2.75, 3.05) is 12.8 Å². The monoisotopic (exact) mass is 365 g/mol. The van der Waals surface area contributed by atoms with Crippen molar-refractivity contribution in [1.82, 2.24) is 4.90 Å². The summed E-state index contributed by atoms with van der Waals surface area (Å²) in [5, 5.41) is 9.60. The van der Waals surface area contributed by atoms with Gasteiger partial charge in [0.1, 0.15) is 6.04 Å². The minimum Gasteiger partial charge on any atom is -0.480 e. The lowest BCUT2D eigenvalue weighted by molar-refractivity contribution is -0.142. The average Bonchev–Trinajstić information content (AvgIpc) is 3.12. The first kappa shape index (κ1) is 17.9. The second-order valence-electron chi connectivity index (χ2n) is 7.04. The molecule has 2 fully saturated rings. The Balaban J connectivity index is 1.97. The molecule has 6 nitrogen and oxygen atoms in total. The van der Waals surface area contributed by atoms with Crippen LogP contribution in [0.3, 0.4) is 0 Å². The van der Waals surface area contributed by atoms with E-state index < -0.39 is 27.8 Å². The zero-order valence-corrected chi connectivity index (χ0v) is 15.3. The first-order valence-electron chi connectivity index (χ1n) is 8.60. The SMILES string of the molecule is CCc1ccc(C(=O)N2CC3CCCC3C2C(=O)O)cc1S(C)(=O)=O. The van der Waals surface area contributed by atoms with Gasteiger partial charge in [0, 0.05) is 18.4 Å². The lowest BCUT2D eigenvalue weighted by Crippen LogP contribution is -2.43. The molecule has 1 aromatic carbocycles. The maximum Gasteiger partial charge on any atom is 0.326 e. The molecule has 7 heteroatoms. The van der Waals surface area contributed by atoms with Gasteiger partial charge < -0.3 is 10.0 Å². The number of aliphatic carboxylic acids is 1. The Kier molecular flexibility index (Phi) is 4.62. The largest absolute Gasteiger partial charge is 0.480 e. The second-order valence-corrected chi connectivity index (χ2v) is 9.03. The predicted octanol–water partition coefficient (Wildman–Crippen LogP) is 1.98. The molecule has 0 spiro atoms. The number of aryl methyl sites for hydroxylation is 1. The van der Waals surface area contributed by atoms with E-state index in [0.29, 0.717) is 18.5 Å². The fourth-order valence-corrected chi connectivity index (χ4v) is 5.35. The minimum atomic E-state index is -3.46. The van der Waals surface area contributed by atoms with E-state index in [9.17, 15) is 23.1 Å². The standard InChI is InChI=1S/C18H23NO5S/c1-3-11-7-8-12(9-15(11)25(2,23)24)17(20)19-10-13-5-4-6-14(13)16(19)18(21)22/h7-9,13-14,16H,3-6,10H2,1-2H3,(H,21,22). The number of carbonyl (C=O) groups is 2. The van der Waals surface area contributed by atoms with E-state index in [0.717, 1.165) is 25.5 Å². The number of amides is 1. The van der Waals surface area contributed by atoms with Crippen molar-refractivity contribution < 1.29 is 23.1 Å². The van der Waals surface area contributed by atoms with Gasteiger partial charge in [0.25, 0.3) is 5.91 Å². The first-order chi connectivity index (χ1) is 11.7. The molecule has 0 bridgehead atoms. The van der Waals surface area contributed by atoms with E-state index in [-0.39, 0.29) is 22.3 Å². The summed E-state index contributed by atoms with van der Waals surface area (Å²) in [7, 11) is -3.46. The van der Waals surface area contributed by atoms with Gasteiger partial charge in [0.15, 0.2) is 9.84 Å². The van der Waals surface area contributed by atoms with Gasteiger partial charge in [-0.2, -0.15) is 0 Å². The highest BCUT2D eigenvalue weighted by Crippen LogP contribution is 2.42. The summed E-state index contributed by atoms with van der Waals surface area (Å²) in [5.74, 6) is -1.13. The third kappa shape index (κ3) is 3.17. The maximum atomic E-state index is 12.9. The zero-order valence-electron chi connectivity index (χ0n) is 14.4.